The van der Waals surface area contributed by atoms with E-state index in [0.29, 0.717) is 5.75 Å². The van der Waals surface area contributed by atoms with Crippen molar-refractivity contribution in [3.63, 3.8) is 0 Å². The Bertz CT molecular complexity index is 623. The SMILES string of the molecule is COc1ccc(F)c(C(=O)c2c(N)cccc2Cl)c1. The number of carbonyl (C=O) groups excluding carboxylic acids is 1. The van der Waals surface area contributed by atoms with Gasteiger partial charge in [0.2, 0.25) is 0 Å². The van der Waals surface area contributed by atoms with Crippen LogP contribution in [0.3, 0.4) is 0 Å². The molecule has 0 aliphatic carbocycles. The summed E-state index contributed by atoms with van der Waals surface area (Å²) in [6, 6.07) is 8.61. The van der Waals surface area contributed by atoms with E-state index < -0.39 is 11.6 Å². The summed E-state index contributed by atoms with van der Waals surface area (Å²) in [7, 11) is 1.44. The molecule has 0 saturated carbocycles. The van der Waals surface area contributed by atoms with Crippen molar-refractivity contribution < 1.29 is 13.9 Å². The number of rotatable bonds is 3. The van der Waals surface area contributed by atoms with Gasteiger partial charge in [-0.1, -0.05) is 17.7 Å². The van der Waals surface area contributed by atoms with Crippen molar-refractivity contribution in [1.82, 2.24) is 0 Å². The Balaban J connectivity index is 2.56. The smallest absolute Gasteiger partial charge is 0.199 e. The highest BCUT2D eigenvalue weighted by atomic mass is 35.5. The third kappa shape index (κ3) is 2.53. The fraction of sp³-hybridized carbons (Fsp3) is 0.0714. The van der Waals surface area contributed by atoms with Crippen molar-refractivity contribution >= 4 is 23.1 Å². The van der Waals surface area contributed by atoms with E-state index in [9.17, 15) is 9.18 Å². The van der Waals surface area contributed by atoms with E-state index in [1.54, 1.807) is 6.07 Å². The van der Waals surface area contributed by atoms with E-state index in [1.807, 2.05) is 0 Å². The third-order valence-electron chi connectivity index (χ3n) is 2.69. The van der Waals surface area contributed by atoms with Gasteiger partial charge in [-0.3, -0.25) is 4.79 Å². The molecule has 0 aromatic heterocycles. The Morgan fingerprint density at radius 3 is 2.68 bits per heavy atom. The van der Waals surface area contributed by atoms with Crippen LogP contribution in [0.4, 0.5) is 10.1 Å². The Hall–Kier alpha value is -2.07. The number of benzene rings is 2. The average molecular weight is 280 g/mol. The summed E-state index contributed by atoms with van der Waals surface area (Å²) < 4.78 is 18.7. The van der Waals surface area contributed by atoms with E-state index in [2.05, 4.69) is 0 Å². The monoisotopic (exact) mass is 279 g/mol. The first-order valence-corrected chi connectivity index (χ1v) is 5.84. The number of anilines is 1. The first kappa shape index (κ1) is 13.4. The molecular weight excluding hydrogens is 269 g/mol. The molecule has 98 valence electrons. The molecule has 0 amide bonds. The highest BCUT2D eigenvalue weighted by Crippen LogP contribution is 2.27. The quantitative estimate of drug-likeness (QED) is 0.693. The van der Waals surface area contributed by atoms with Gasteiger partial charge in [-0.15, -0.1) is 0 Å². The van der Waals surface area contributed by atoms with Crippen molar-refractivity contribution in [1.29, 1.82) is 0 Å². The number of ketones is 1. The minimum atomic E-state index is -0.648. The van der Waals surface area contributed by atoms with Crippen molar-refractivity contribution in [2.75, 3.05) is 12.8 Å². The highest BCUT2D eigenvalue weighted by molar-refractivity contribution is 6.35. The minimum absolute atomic E-state index is 0.0938. The Morgan fingerprint density at radius 1 is 1.32 bits per heavy atom. The van der Waals surface area contributed by atoms with Gasteiger partial charge in [-0.05, 0) is 30.3 Å². The van der Waals surface area contributed by atoms with Crippen LogP contribution in [0.1, 0.15) is 15.9 Å². The molecule has 0 aliphatic heterocycles. The molecule has 0 radical (unpaired) electrons. The van der Waals surface area contributed by atoms with Crippen molar-refractivity contribution in [3.05, 3.63) is 58.4 Å². The molecule has 0 aliphatic rings. The lowest BCUT2D eigenvalue weighted by Gasteiger charge is -2.09. The molecule has 0 saturated heterocycles. The lowest BCUT2D eigenvalue weighted by atomic mass is 10.0. The molecule has 19 heavy (non-hydrogen) atoms. The summed E-state index contributed by atoms with van der Waals surface area (Å²) in [6.45, 7) is 0. The zero-order chi connectivity index (χ0) is 14.0. The first-order chi connectivity index (χ1) is 9.04. The van der Waals surface area contributed by atoms with Crippen molar-refractivity contribution in [2.24, 2.45) is 0 Å². The summed E-state index contributed by atoms with van der Waals surface area (Å²) in [4.78, 5) is 12.3. The van der Waals surface area contributed by atoms with Gasteiger partial charge in [-0.25, -0.2) is 4.39 Å². The van der Waals surface area contributed by atoms with Crippen LogP contribution in [0.15, 0.2) is 36.4 Å². The largest absolute Gasteiger partial charge is 0.497 e. The molecule has 0 heterocycles. The Kier molecular flexibility index (Phi) is 3.71. The fourth-order valence-electron chi connectivity index (χ4n) is 1.72. The number of halogens is 2. The fourth-order valence-corrected chi connectivity index (χ4v) is 1.99. The van der Waals surface area contributed by atoms with Gasteiger partial charge < -0.3 is 10.5 Å². The van der Waals surface area contributed by atoms with E-state index in [0.717, 1.165) is 0 Å². The van der Waals surface area contributed by atoms with Crippen LogP contribution in [0.5, 0.6) is 5.75 Å². The standard InChI is InChI=1S/C14H11ClFNO2/c1-19-8-5-6-11(16)9(7-8)14(18)13-10(15)3-2-4-12(13)17/h2-7H,17H2,1H3. The average Bonchev–Trinajstić information content (AvgIpc) is 2.39. The first-order valence-electron chi connectivity index (χ1n) is 5.47. The van der Waals surface area contributed by atoms with Gasteiger partial charge in [0.1, 0.15) is 11.6 Å². The second-order valence-electron chi connectivity index (χ2n) is 3.88. The number of carbonyl (C=O) groups is 1. The van der Waals surface area contributed by atoms with Gasteiger partial charge in [0, 0.05) is 5.69 Å². The summed E-state index contributed by atoms with van der Waals surface area (Å²) in [5.74, 6) is -0.833. The zero-order valence-electron chi connectivity index (χ0n) is 10.1. The molecule has 2 N–H and O–H groups in total. The maximum Gasteiger partial charge on any atom is 0.199 e. The minimum Gasteiger partial charge on any atom is -0.497 e. The van der Waals surface area contributed by atoms with Crippen LogP contribution in [0, 0.1) is 5.82 Å². The molecule has 0 bridgehead atoms. The lowest BCUT2D eigenvalue weighted by Crippen LogP contribution is -2.08. The predicted molar refractivity (Wildman–Crippen MR) is 72.2 cm³/mol. The molecule has 0 unspecified atom stereocenters. The number of ether oxygens (including phenoxy) is 1. The van der Waals surface area contributed by atoms with Gasteiger partial charge in [0.15, 0.2) is 5.78 Å². The van der Waals surface area contributed by atoms with Crippen LogP contribution >= 0.6 is 11.6 Å². The second kappa shape index (κ2) is 5.28. The highest BCUT2D eigenvalue weighted by Gasteiger charge is 2.19. The molecular formula is C14H11ClFNO2. The second-order valence-corrected chi connectivity index (χ2v) is 4.29. The number of methoxy groups -OCH3 is 1. The van der Waals surface area contributed by atoms with Gasteiger partial charge in [-0.2, -0.15) is 0 Å². The van der Waals surface area contributed by atoms with E-state index >= 15 is 0 Å². The molecule has 0 atom stereocenters. The molecule has 2 aromatic rings. The van der Waals surface area contributed by atoms with Crippen molar-refractivity contribution in [2.45, 2.75) is 0 Å². The number of hydrogen-bond donors (Lipinski definition) is 1. The van der Waals surface area contributed by atoms with E-state index in [-0.39, 0.29) is 21.8 Å². The zero-order valence-corrected chi connectivity index (χ0v) is 10.9. The lowest BCUT2D eigenvalue weighted by molar-refractivity contribution is 0.103. The molecule has 0 fully saturated rings. The maximum absolute atomic E-state index is 13.7. The normalized spacial score (nSPS) is 10.3. The summed E-state index contributed by atoms with van der Waals surface area (Å²) >= 11 is 5.95. The predicted octanol–water partition coefficient (Wildman–Crippen LogP) is 3.30. The van der Waals surface area contributed by atoms with Gasteiger partial charge in [0.25, 0.3) is 0 Å². The van der Waals surface area contributed by atoms with Gasteiger partial charge >= 0.3 is 0 Å². The summed E-state index contributed by atoms with van der Waals surface area (Å²) in [5, 5.41) is 0.187. The number of nitrogen functional groups attached to an aromatic ring is 1. The number of nitrogens with two attached hydrogens (primary N) is 1. The third-order valence-corrected chi connectivity index (χ3v) is 3.01. The Labute approximate surface area is 114 Å². The summed E-state index contributed by atoms with van der Waals surface area (Å²) in [6.07, 6.45) is 0. The molecule has 0 spiro atoms. The van der Waals surface area contributed by atoms with Crippen molar-refractivity contribution in [3.8, 4) is 5.75 Å². The number of hydrogen-bond acceptors (Lipinski definition) is 3. The van der Waals surface area contributed by atoms with Crippen LogP contribution in [0.2, 0.25) is 5.02 Å². The molecule has 2 aromatic carbocycles. The Morgan fingerprint density at radius 2 is 2.05 bits per heavy atom. The van der Waals surface area contributed by atoms with Crippen LogP contribution in [-0.2, 0) is 0 Å². The molecule has 5 heteroatoms. The van der Waals surface area contributed by atoms with Crippen LogP contribution < -0.4 is 10.5 Å². The molecule has 2 rings (SSSR count). The van der Waals surface area contributed by atoms with E-state index in [1.165, 1.54) is 37.4 Å². The molecule has 3 nitrogen and oxygen atoms in total. The van der Waals surface area contributed by atoms with E-state index in [4.69, 9.17) is 22.1 Å². The van der Waals surface area contributed by atoms with Crippen LogP contribution in [-0.4, -0.2) is 12.9 Å². The maximum atomic E-state index is 13.7. The van der Waals surface area contributed by atoms with Crippen LogP contribution in [0.25, 0.3) is 0 Å². The summed E-state index contributed by atoms with van der Waals surface area (Å²) in [5.41, 5.74) is 5.90. The topological polar surface area (TPSA) is 52.3 Å². The van der Waals surface area contributed by atoms with Gasteiger partial charge in [0.05, 0.1) is 23.3 Å².